The molecule has 1 aromatic carbocycles. The van der Waals surface area contributed by atoms with Gasteiger partial charge in [-0.25, -0.2) is 4.39 Å². The molecule has 0 radical (unpaired) electrons. The second-order valence-electron chi connectivity index (χ2n) is 5.85. The highest BCUT2D eigenvalue weighted by molar-refractivity contribution is 6.35. The summed E-state index contributed by atoms with van der Waals surface area (Å²) in [5.41, 5.74) is 0.270. The Morgan fingerprint density at radius 2 is 2.04 bits per heavy atom. The average molecular weight is 373 g/mol. The normalized spacial score (nSPS) is 12.0. The predicted octanol–water partition coefficient (Wildman–Crippen LogP) is 3.06. The van der Waals surface area contributed by atoms with Crippen molar-refractivity contribution in [1.82, 2.24) is 9.55 Å². The van der Waals surface area contributed by atoms with E-state index in [1.54, 1.807) is 13.0 Å². The molecule has 0 spiro atoms. The van der Waals surface area contributed by atoms with Gasteiger partial charge in [-0.15, -0.1) is 0 Å². The van der Waals surface area contributed by atoms with Gasteiger partial charge in [0.1, 0.15) is 28.3 Å². The number of H-pyrrole nitrogens is 1. The van der Waals surface area contributed by atoms with Gasteiger partial charge in [-0.1, -0.05) is 11.6 Å². The minimum absolute atomic E-state index is 0.146. The Morgan fingerprint density at radius 1 is 1.31 bits per heavy atom. The number of halogens is 2. The molecule has 0 aliphatic heterocycles. The fraction of sp³-hybridized carbons (Fsp3) is 0.167. The van der Waals surface area contributed by atoms with Crippen LogP contribution in [0.4, 0.5) is 10.1 Å². The lowest BCUT2D eigenvalue weighted by atomic mass is 10.1. The molecule has 3 rings (SSSR count). The van der Waals surface area contributed by atoms with Crippen LogP contribution in [0.15, 0.2) is 39.9 Å². The topological polar surface area (TPSA) is 90.7 Å². The Labute approximate surface area is 152 Å². The average Bonchev–Trinajstić information content (AvgIpc) is 2.62. The molecule has 0 saturated carbocycles. The maximum absolute atomic E-state index is 13.5. The summed E-state index contributed by atoms with van der Waals surface area (Å²) in [6.07, 6.45) is 0. The van der Waals surface area contributed by atoms with Crippen molar-refractivity contribution < 1.29 is 4.39 Å². The van der Waals surface area contributed by atoms with Crippen molar-refractivity contribution >= 4 is 28.2 Å². The van der Waals surface area contributed by atoms with Gasteiger partial charge in [-0.2, -0.15) is 5.26 Å². The van der Waals surface area contributed by atoms with Gasteiger partial charge < -0.3 is 14.9 Å². The third-order valence-electron chi connectivity index (χ3n) is 4.20. The molecule has 132 valence electrons. The standard InChI is InChI=1S/C18H14ClFN4O2/c1-9(22-14-6-4-11(8-21)24(2)18(14)26)12-7-10-3-5-13(20)15(19)16(10)23-17(12)25/h3-7,9,22H,1-2H3,(H,23,25)/t9-/m0/s1. The quantitative estimate of drug-likeness (QED) is 0.739. The number of nitrogens with zero attached hydrogens (tertiary/aromatic N) is 2. The van der Waals surface area contributed by atoms with Crippen LogP contribution in [0.3, 0.4) is 0 Å². The molecule has 8 heteroatoms. The summed E-state index contributed by atoms with van der Waals surface area (Å²) in [6.45, 7) is 1.72. The van der Waals surface area contributed by atoms with E-state index in [0.29, 0.717) is 10.9 Å². The molecule has 0 aliphatic rings. The largest absolute Gasteiger partial charge is 0.374 e. The number of hydrogen-bond donors (Lipinski definition) is 2. The molecule has 2 N–H and O–H groups in total. The maximum atomic E-state index is 13.5. The molecular formula is C18H14ClFN4O2. The minimum Gasteiger partial charge on any atom is -0.374 e. The zero-order valence-electron chi connectivity index (χ0n) is 13.9. The Kier molecular flexibility index (Phi) is 4.53. The van der Waals surface area contributed by atoms with Crippen LogP contribution in [0.1, 0.15) is 24.2 Å². The SMILES string of the molecule is C[C@H](Nc1ccc(C#N)n(C)c1=O)c1cc2ccc(F)c(Cl)c2[nH]c1=O. The van der Waals surface area contributed by atoms with E-state index in [-0.39, 0.29) is 27.5 Å². The third kappa shape index (κ3) is 2.95. The zero-order chi connectivity index (χ0) is 19.0. The van der Waals surface area contributed by atoms with E-state index in [9.17, 15) is 14.0 Å². The second kappa shape index (κ2) is 6.65. The van der Waals surface area contributed by atoms with Crippen LogP contribution in [0.5, 0.6) is 0 Å². The first-order valence-electron chi connectivity index (χ1n) is 7.71. The predicted molar refractivity (Wildman–Crippen MR) is 98.0 cm³/mol. The molecule has 26 heavy (non-hydrogen) atoms. The molecule has 0 saturated heterocycles. The summed E-state index contributed by atoms with van der Waals surface area (Å²) in [4.78, 5) is 27.3. The molecule has 0 unspecified atom stereocenters. The molecule has 0 aliphatic carbocycles. The second-order valence-corrected chi connectivity index (χ2v) is 6.23. The lowest BCUT2D eigenvalue weighted by molar-refractivity contribution is 0.629. The van der Waals surface area contributed by atoms with Crippen molar-refractivity contribution in [1.29, 1.82) is 5.26 Å². The Hall–Kier alpha value is -3.11. The molecule has 2 aromatic heterocycles. The van der Waals surface area contributed by atoms with Crippen molar-refractivity contribution in [2.45, 2.75) is 13.0 Å². The molecule has 6 nitrogen and oxygen atoms in total. The highest BCUT2D eigenvalue weighted by Gasteiger charge is 2.15. The van der Waals surface area contributed by atoms with Crippen molar-refractivity contribution in [3.8, 4) is 6.07 Å². The van der Waals surface area contributed by atoms with Crippen molar-refractivity contribution in [3.05, 3.63) is 73.1 Å². The molecule has 3 aromatic rings. The van der Waals surface area contributed by atoms with E-state index in [4.69, 9.17) is 16.9 Å². The number of pyridine rings is 2. The Balaban J connectivity index is 2.03. The lowest BCUT2D eigenvalue weighted by Gasteiger charge is -2.16. The molecular weight excluding hydrogens is 359 g/mol. The molecule has 0 bridgehead atoms. The number of anilines is 1. The Morgan fingerprint density at radius 3 is 2.73 bits per heavy atom. The fourth-order valence-electron chi connectivity index (χ4n) is 2.72. The Bertz CT molecular complexity index is 1180. The van der Waals surface area contributed by atoms with Crippen LogP contribution in [0.25, 0.3) is 10.9 Å². The smallest absolute Gasteiger partial charge is 0.274 e. The molecule has 0 fully saturated rings. The zero-order valence-corrected chi connectivity index (χ0v) is 14.7. The van der Waals surface area contributed by atoms with Gasteiger partial charge in [0.2, 0.25) is 0 Å². The van der Waals surface area contributed by atoms with Gasteiger partial charge in [0.15, 0.2) is 0 Å². The summed E-state index contributed by atoms with van der Waals surface area (Å²) < 4.78 is 14.8. The third-order valence-corrected chi connectivity index (χ3v) is 4.57. The van der Waals surface area contributed by atoms with Crippen molar-refractivity contribution in [2.75, 3.05) is 5.32 Å². The van der Waals surface area contributed by atoms with Crippen LogP contribution in [0, 0.1) is 17.1 Å². The van der Waals surface area contributed by atoms with Crippen molar-refractivity contribution in [2.24, 2.45) is 7.05 Å². The highest BCUT2D eigenvalue weighted by atomic mass is 35.5. The van der Waals surface area contributed by atoms with Crippen LogP contribution in [0.2, 0.25) is 5.02 Å². The summed E-state index contributed by atoms with van der Waals surface area (Å²) in [5.74, 6) is -0.616. The number of aromatic nitrogens is 2. The van der Waals surface area contributed by atoms with Gasteiger partial charge in [0, 0.05) is 18.0 Å². The first-order valence-corrected chi connectivity index (χ1v) is 8.09. The first kappa shape index (κ1) is 17.7. The first-order chi connectivity index (χ1) is 12.3. The molecule has 0 amide bonds. The number of nitrogens with one attached hydrogen (secondary N) is 2. The number of aromatic amines is 1. The van der Waals surface area contributed by atoms with Gasteiger partial charge in [0.05, 0.1) is 11.6 Å². The summed E-state index contributed by atoms with van der Waals surface area (Å²) in [7, 11) is 1.50. The number of nitriles is 1. The van der Waals surface area contributed by atoms with Gasteiger partial charge >= 0.3 is 0 Å². The van der Waals surface area contributed by atoms with E-state index in [1.165, 1.54) is 35.9 Å². The van der Waals surface area contributed by atoms with E-state index in [2.05, 4.69) is 10.3 Å². The molecule has 2 heterocycles. The van der Waals surface area contributed by atoms with Crippen LogP contribution >= 0.6 is 11.6 Å². The number of fused-ring (bicyclic) bond motifs is 1. The molecule has 1 atom stereocenters. The summed E-state index contributed by atoms with van der Waals surface area (Å²) in [6, 6.07) is 8.78. The van der Waals surface area contributed by atoms with Crippen LogP contribution in [-0.2, 0) is 7.05 Å². The van der Waals surface area contributed by atoms with Gasteiger partial charge in [-0.3, -0.25) is 9.59 Å². The summed E-state index contributed by atoms with van der Waals surface area (Å²) in [5, 5.41) is 12.4. The number of rotatable bonds is 3. The number of hydrogen-bond acceptors (Lipinski definition) is 4. The van der Waals surface area contributed by atoms with E-state index in [0.717, 1.165) is 0 Å². The fourth-order valence-corrected chi connectivity index (χ4v) is 2.94. The van der Waals surface area contributed by atoms with Gasteiger partial charge in [-0.05, 0) is 37.3 Å². The van der Waals surface area contributed by atoms with Gasteiger partial charge in [0.25, 0.3) is 11.1 Å². The summed E-state index contributed by atoms with van der Waals surface area (Å²) >= 11 is 5.90. The van der Waals surface area contributed by atoms with E-state index in [1.807, 2.05) is 6.07 Å². The van der Waals surface area contributed by atoms with Crippen LogP contribution in [-0.4, -0.2) is 9.55 Å². The number of benzene rings is 1. The van der Waals surface area contributed by atoms with E-state index < -0.39 is 17.4 Å². The van der Waals surface area contributed by atoms with Crippen LogP contribution < -0.4 is 16.4 Å². The highest BCUT2D eigenvalue weighted by Crippen LogP contribution is 2.25. The minimum atomic E-state index is -0.616. The van der Waals surface area contributed by atoms with Crippen molar-refractivity contribution in [3.63, 3.8) is 0 Å². The monoisotopic (exact) mass is 372 g/mol. The lowest BCUT2D eigenvalue weighted by Crippen LogP contribution is -2.26. The van der Waals surface area contributed by atoms with E-state index >= 15 is 0 Å². The maximum Gasteiger partial charge on any atom is 0.274 e.